The van der Waals surface area contributed by atoms with Crippen LogP contribution in [-0.2, 0) is 0 Å². The van der Waals surface area contributed by atoms with Crippen molar-refractivity contribution in [2.45, 2.75) is 31.6 Å². The van der Waals surface area contributed by atoms with Crippen LogP contribution < -0.4 is 10.2 Å². The van der Waals surface area contributed by atoms with Crippen LogP contribution in [0.2, 0.25) is 0 Å². The molecule has 1 aromatic heterocycles. The van der Waals surface area contributed by atoms with Gasteiger partial charge in [-0.2, -0.15) is 0 Å². The zero-order valence-electron chi connectivity index (χ0n) is 16.2. The standard InChI is InChI=1S/C20H27F2N5O/c1-25-10-12-26(13-11-25)16-5-2-6-17-18(16)24-14-27(17)19(28)23-9-7-15-4-3-8-20(15,21)22/h2,5-6,14-15H,3-4,7-13H2,1H3,(H,23,28). The van der Waals surface area contributed by atoms with Gasteiger partial charge in [-0.3, -0.25) is 4.57 Å². The van der Waals surface area contributed by atoms with Crippen molar-refractivity contribution in [3.05, 3.63) is 24.5 Å². The Morgan fingerprint density at radius 1 is 1.29 bits per heavy atom. The Balaban J connectivity index is 1.44. The van der Waals surface area contributed by atoms with Gasteiger partial charge in [0.15, 0.2) is 0 Å². The van der Waals surface area contributed by atoms with Crippen molar-refractivity contribution in [1.82, 2.24) is 19.8 Å². The zero-order chi connectivity index (χ0) is 19.7. The highest BCUT2D eigenvalue weighted by Crippen LogP contribution is 2.41. The summed E-state index contributed by atoms with van der Waals surface area (Å²) in [7, 11) is 2.11. The Kier molecular flexibility index (Phi) is 5.23. The predicted molar refractivity (Wildman–Crippen MR) is 105 cm³/mol. The van der Waals surface area contributed by atoms with E-state index in [1.807, 2.05) is 18.2 Å². The molecule has 2 aromatic rings. The first kappa shape index (κ1) is 19.1. The number of alkyl halides is 2. The number of benzene rings is 1. The van der Waals surface area contributed by atoms with Crippen molar-refractivity contribution in [1.29, 1.82) is 0 Å². The number of fused-ring (bicyclic) bond motifs is 1. The molecule has 1 unspecified atom stereocenters. The molecule has 0 spiro atoms. The van der Waals surface area contributed by atoms with Crippen LogP contribution in [0.5, 0.6) is 0 Å². The maximum atomic E-state index is 13.7. The van der Waals surface area contributed by atoms with E-state index in [2.05, 4.69) is 27.1 Å². The molecule has 0 bridgehead atoms. The molecule has 6 nitrogen and oxygen atoms in total. The Morgan fingerprint density at radius 3 is 2.79 bits per heavy atom. The average molecular weight is 391 g/mol. The lowest BCUT2D eigenvalue weighted by Gasteiger charge is -2.34. The first-order chi connectivity index (χ1) is 13.5. The molecule has 2 fully saturated rings. The fraction of sp³-hybridized carbons (Fsp3) is 0.600. The second kappa shape index (κ2) is 7.66. The van der Waals surface area contributed by atoms with Crippen LogP contribution in [0, 0.1) is 5.92 Å². The summed E-state index contributed by atoms with van der Waals surface area (Å²) < 4.78 is 28.9. The number of hydrogen-bond acceptors (Lipinski definition) is 4. The molecule has 2 heterocycles. The third-order valence-corrected chi connectivity index (χ3v) is 6.05. The van der Waals surface area contributed by atoms with Gasteiger partial charge in [-0.05, 0) is 38.4 Å². The van der Waals surface area contributed by atoms with Gasteiger partial charge in [0, 0.05) is 45.1 Å². The first-order valence-corrected chi connectivity index (χ1v) is 10.0. The summed E-state index contributed by atoms with van der Waals surface area (Å²) in [6.45, 7) is 4.07. The number of rotatable bonds is 4. The fourth-order valence-corrected chi connectivity index (χ4v) is 4.28. The fourth-order valence-electron chi connectivity index (χ4n) is 4.28. The van der Waals surface area contributed by atoms with E-state index >= 15 is 0 Å². The van der Waals surface area contributed by atoms with Gasteiger partial charge < -0.3 is 15.1 Å². The molecule has 1 saturated heterocycles. The lowest BCUT2D eigenvalue weighted by atomic mass is 10.0. The van der Waals surface area contributed by atoms with Gasteiger partial charge in [0.2, 0.25) is 0 Å². The Morgan fingerprint density at radius 2 is 2.07 bits per heavy atom. The molecule has 4 rings (SSSR count). The minimum Gasteiger partial charge on any atom is -0.367 e. The van der Waals surface area contributed by atoms with E-state index in [4.69, 9.17) is 0 Å². The van der Waals surface area contributed by atoms with Gasteiger partial charge >= 0.3 is 6.03 Å². The quantitative estimate of drug-likeness (QED) is 0.870. The van der Waals surface area contributed by atoms with Crippen LogP contribution in [0.1, 0.15) is 25.7 Å². The molecule has 1 aliphatic carbocycles. The van der Waals surface area contributed by atoms with E-state index in [0.717, 1.165) is 42.9 Å². The van der Waals surface area contributed by atoms with E-state index in [1.54, 1.807) is 0 Å². The Bertz CT molecular complexity index is 844. The van der Waals surface area contributed by atoms with Gasteiger partial charge in [-0.15, -0.1) is 0 Å². The minimum absolute atomic E-state index is 0.0349. The van der Waals surface area contributed by atoms with Crippen LogP contribution >= 0.6 is 0 Å². The molecule has 1 aliphatic heterocycles. The molecular weight excluding hydrogens is 364 g/mol. The van der Waals surface area contributed by atoms with E-state index in [9.17, 15) is 13.6 Å². The highest BCUT2D eigenvalue weighted by atomic mass is 19.3. The SMILES string of the molecule is CN1CCN(c2cccc3c2ncn3C(=O)NCCC2CCCC2(F)F)CC1. The lowest BCUT2D eigenvalue weighted by Crippen LogP contribution is -2.44. The molecule has 1 aromatic carbocycles. The number of nitrogens with zero attached hydrogens (tertiary/aromatic N) is 4. The van der Waals surface area contributed by atoms with Crippen LogP contribution in [0.4, 0.5) is 19.3 Å². The molecule has 1 saturated carbocycles. The summed E-state index contributed by atoms with van der Waals surface area (Å²) in [5, 5.41) is 2.78. The number of halogens is 2. The lowest BCUT2D eigenvalue weighted by molar-refractivity contribution is -0.0389. The minimum atomic E-state index is -2.59. The number of hydrogen-bond donors (Lipinski definition) is 1. The van der Waals surface area contributed by atoms with Crippen molar-refractivity contribution in [3.63, 3.8) is 0 Å². The highest BCUT2D eigenvalue weighted by molar-refractivity contribution is 5.95. The van der Waals surface area contributed by atoms with Crippen molar-refractivity contribution >= 4 is 22.8 Å². The largest absolute Gasteiger partial charge is 0.367 e. The third kappa shape index (κ3) is 3.70. The number of piperazine rings is 1. The van der Waals surface area contributed by atoms with Gasteiger partial charge in [0.05, 0.1) is 11.2 Å². The van der Waals surface area contributed by atoms with Crippen molar-refractivity contribution < 1.29 is 13.6 Å². The highest BCUT2D eigenvalue weighted by Gasteiger charge is 2.43. The van der Waals surface area contributed by atoms with Crippen LogP contribution in [0.3, 0.4) is 0 Å². The maximum absolute atomic E-state index is 13.7. The normalized spacial score (nSPS) is 22.7. The number of imidazole rings is 1. The molecule has 1 atom stereocenters. The van der Waals surface area contributed by atoms with E-state index in [1.165, 1.54) is 10.9 Å². The van der Waals surface area contributed by atoms with Gasteiger partial charge in [0.1, 0.15) is 11.8 Å². The molecular formula is C20H27F2N5O. The zero-order valence-corrected chi connectivity index (χ0v) is 16.2. The number of anilines is 1. The second-order valence-corrected chi connectivity index (χ2v) is 7.92. The number of para-hydroxylation sites is 1. The monoisotopic (exact) mass is 391 g/mol. The van der Waals surface area contributed by atoms with Crippen LogP contribution in [0.15, 0.2) is 24.5 Å². The van der Waals surface area contributed by atoms with Crippen molar-refractivity contribution in [3.8, 4) is 0 Å². The number of nitrogens with one attached hydrogen (secondary N) is 1. The van der Waals surface area contributed by atoms with Crippen molar-refractivity contribution in [2.75, 3.05) is 44.7 Å². The molecule has 2 aliphatic rings. The molecule has 0 radical (unpaired) electrons. The number of amides is 1. The van der Waals surface area contributed by atoms with Gasteiger partial charge in [-0.1, -0.05) is 6.07 Å². The average Bonchev–Trinajstić information content (AvgIpc) is 3.25. The molecule has 8 heteroatoms. The van der Waals surface area contributed by atoms with E-state index < -0.39 is 11.8 Å². The summed E-state index contributed by atoms with van der Waals surface area (Å²) in [6, 6.07) is 5.51. The third-order valence-electron chi connectivity index (χ3n) is 6.05. The second-order valence-electron chi connectivity index (χ2n) is 7.92. The smallest absolute Gasteiger partial charge is 0.327 e. The predicted octanol–water partition coefficient (Wildman–Crippen LogP) is 3.17. The summed E-state index contributed by atoms with van der Waals surface area (Å²) in [5.41, 5.74) is 2.56. The molecule has 1 amide bonds. The van der Waals surface area contributed by atoms with E-state index in [-0.39, 0.29) is 19.0 Å². The Labute approximate surface area is 163 Å². The number of carbonyl (C=O) groups is 1. The summed E-state index contributed by atoms with van der Waals surface area (Å²) >= 11 is 0. The van der Waals surface area contributed by atoms with Crippen molar-refractivity contribution in [2.24, 2.45) is 5.92 Å². The summed E-state index contributed by atoms with van der Waals surface area (Å²) in [5.74, 6) is -3.22. The molecule has 28 heavy (non-hydrogen) atoms. The molecule has 1 N–H and O–H groups in total. The van der Waals surface area contributed by atoms with Gasteiger partial charge in [0.25, 0.3) is 5.92 Å². The van der Waals surface area contributed by atoms with Crippen LogP contribution in [0.25, 0.3) is 11.0 Å². The van der Waals surface area contributed by atoms with E-state index in [0.29, 0.717) is 19.3 Å². The Hall–Kier alpha value is -2.22. The maximum Gasteiger partial charge on any atom is 0.327 e. The number of likely N-dealkylation sites (N-methyl/N-ethyl adjacent to an activating group) is 1. The topological polar surface area (TPSA) is 53.4 Å². The van der Waals surface area contributed by atoms with Gasteiger partial charge in [-0.25, -0.2) is 18.6 Å². The summed E-state index contributed by atoms with van der Waals surface area (Å²) in [6.07, 6.45) is 2.88. The first-order valence-electron chi connectivity index (χ1n) is 10.0. The number of aromatic nitrogens is 2. The molecule has 152 valence electrons. The number of carbonyl (C=O) groups excluding carboxylic acids is 1. The summed E-state index contributed by atoms with van der Waals surface area (Å²) in [4.78, 5) is 21.6. The van der Waals surface area contributed by atoms with Crippen LogP contribution in [-0.4, -0.2) is 66.2 Å².